The number of nitrogens with zero attached hydrogens (tertiary/aromatic N) is 2. The zero-order valence-electron chi connectivity index (χ0n) is 9.28. The fourth-order valence-corrected chi connectivity index (χ4v) is 2.03. The van der Waals surface area contributed by atoms with Crippen molar-refractivity contribution in [1.29, 1.82) is 0 Å². The number of pyridine rings is 1. The lowest BCUT2D eigenvalue weighted by atomic mass is 10.3. The second-order valence-corrected chi connectivity index (χ2v) is 4.51. The molecule has 2 rings (SSSR count). The lowest BCUT2D eigenvalue weighted by Crippen LogP contribution is -2.06. The number of nitrogens with two attached hydrogens (primary N) is 1. The van der Waals surface area contributed by atoms with Crippen molar-refractivity contribution in [2.45, 2.75) is 12.8 Å². The fraction of sp³-hybridized carbons (Fsp3) is 0.273. The van der Waals surface area contributed by atoms with E-state index in [0.717, 1.165) is 35.4 Å². The van der Waals surface area contributed by atoms with Crippen LogP contribution in [0.4, 0.5) is 11.4 Å². The maximum Gasteiger partial charge on any atom is 0.106 e. The third kappa shape index (κ3) is 3.20. The van der Waals surface area contributed by atoms with Gasteiger partial charge in [-0.25, -0.2) is 4.98 Å². The van der Waals surface area contributed by atoms with Gasteiger partial charge in [0.05, 0.1) is 22.0 Å². The SMILES string of the molecule is Nc1cncc(Br)c1NCCCc1ncc[nH]1. The zero-order chi connectivity index (χ0) is 12.1. The topological polar surface area (TPSA) is 79.6 Å². The van der Waals surface area contributed by atoms with E-state index in [1.54, 1.807) is 18.6 Å². The van der Waals surface area contributed by atoms with Crippen LogP contribution in [-0.2, 0) is 6.42 Å². The predicted molar refractivity (Wildman–Crippen MR) is 71.7 cm³/mol. The summed E-state index contributed by atoms with van der Waals surface area (Å²) in [6.45, 7) is 0.841. The van der Waals surface area contributed by atoms with Gasteiger partial charge in [0.2, 0.25) is 0 Å². The molecule has 0 saturated heterocycles. The first kappa shape index (κ1) is 11.9. The molecule has 0 aliphatic carbocycles. The smallest absolute Gasteiger partial charge is 0.106 e. The Morgan fingerprint density at radius 2 is 2.29 bits per heavy atom. The minimum Gasteiger partial charge on any atom is -0.396 e. The number of hydrogen-bond acceptors (Lipinski definition) is 4. The molecule has 90 valence electrons. The van der Waals surface area contributed by atoms with Crippen molar-refractivity contribution in [1.82, 2.24) is 15.0 Å². The highest BCUT2D eigenvalue weighted by atomic mass is 79.9. The first-order chi connectivity index (χ1) is 8.27. The summed E-state index contributed by atoms with van der Waals surface area (Å²) in [6.07, 6.45) is 8.87. The molecule has 2 aromatic rings. The van der Waals surface area contributed by atoms with Crippen molar-refractivity contribution in [2.24, 2.45) is 0 Å². The van der Waals surface area contributed by atoms with Crippen LogP contribution in [0.15, 0.2) is 29.3 Å². The number of H-pyrrole nitrogens is 1. The number of aryl methyl sites for hydroxylation is 1. The van der Waals surface area contributed by atoms with Crippen LogP contribution in [0, 0.1) is 0 Å². The van der Waals surface area contributed by atoms with Crippen LogP contribution in [0.3, 0.4) is 0 Å². The molecule has 4 N–H and O–H groups in total. The van der Waals surface area contributed by atoms with E-state index >= 15 is 0 Å². The van der Waals surface area contributed by atoms with Gasteiger partial charge in [-0.3, -0.25) is 4.98 Å². The predicted octanol–water partition coefficient (Wildman–Crippen LogP) is 2.19. The van der Waals surface area contributed by atoms with Gasteiger partial charge in [0.1, 0.15) is 5.82 Å². The third-order valence-corrected chi connectivity index (χ3v) is 2.98. The largest absolute Gasteiger partial charge is 0.396 e. The normalized spacial score (nSPS) is 10.4. The average Bonchev–Trinajstić information content (AvgIpc) is 2.80. The number of imidazole rings is 1. The molecule has 0 atom stereocenters. The van der Waals surface area contributed by atoms with E-state index in [1.807, 2.05) is 6.20 Å². The minimum atomic E-state index is 0.650. The summed E-state index contributed by atoms with van der Waals surface area (Å²) in [5, 5.41) is 3.29. The van der Waals surface area contributed by atoms with Gasteiger partial charge in [-0.15, -0.1) is 0 Å². The summed E-state index contributed by atoms with van der Waals surface area (Å²) < 4.78 is 0.885. The second-order valence-electron chi connectivity index (χ2n) is 3.65. The molecule has 0 aliphatic heterocycles. The molecule has 5 nitrogen and oxygen atoms in total. The van der Waals surface area contributed by atoms with Gasteiger partial charge in [0.15, 0.2) is 0 Å². The lowest BCUT2D eigenvalue weighted by Gasteiger charge is -2.10. The van der Waals surface area contributed by atoms with E-state index in [4.69, 9.17) is 5.73 Å². The van der Waals surface area contributed by atoms with Crippen molar-refractivity contribution in [2.75, 3.05) is 17.6 Å². The molecule has 0 amide bonds. The number of halogens is 1. The summed E-state index contributed by atoms with van der Waals surface area (Å²) >= 11 is 3.41. The van der Waals surface area contributed by atoms with Gasteiger partial charge in [-0.1, -0.05) is 0 Å². The van der Waals surface area contributed by atoms with E-state index in [1.165, 1.54) is 0 Å². The van der Waals surface area contributed by atoms with E-state index in [9.17, 15) is 0 Å². The molecule has 0 fully saturated rings. The number of hydrogen-bond donors (Lipinski definition) is 3. The van der Waals surface area contributed by atoms with Crippen LogP contribution in [0.2, 0.25) is 0 Å². The van der Waals surface area contributed by atoms with Gasteiger partial charge < -0.3 is 16.0 Å². The minimum absolute atomic E-state index is 0.650. The van der Waals surface area contributed by atoms with E-state index in [0.29, 0.717) is 5.69 Å². The summed E-state index contributed by atoms with van der Waals surface area (Å²) in [5.74, 6) is 1.01. The standard InChI is InChI=1S/C11H14BrN5/c12-8-6-14-7-9(13)11(8)17-3-1-2-10-15-4-5-16-10/h4-7H,1-3,13H2,(H,14,17)(H,15,16). The number of aromatic amines is 1. The molecule has 0 radical (unpaired) electrons. The third-order valence-electron chi connectivity index (χ3n) is 2.38. The molecule has 0 saturated carbocycles. The van der Waals surface area contributed by atoms with Crippen LogP contribution in [0.1, 0.15) is 12.2 Å². The molecule has 0 aliphatic rings. The number of rotatable bonds is 5. The molecule has 0 bridgehead atoms. The highest BCUT2D eigenvalue weighted by Crippen LogP contribution is 2.26. The maximum absolute atomic E-state index is 5.82. The van der Waals surface area contributed by atoms with Crippen molar-refractivity contribution in [3.05, 3.63) is 35.1 Å². The van der Waals surface area contributed by atoms with Crippen molar-refractivity contribution >= 4 is 27.3 Å². The number of aromatic nitrogens is 3. The highest BCUT2D eigenvalue weighted by molar-refractivity contribution is 9.10. The average molecular weight is 296 g/mol. The van der Waals surface area contributed by atoms with Crippen LogP contribution >= 0.6 is 15.9 Å². The quantitative estimate of drug-likeness (QED) is 0.739. The Kier molecular flexibility index (Phi) is 3.98. The van der Waals surface area contributed by atoms with Gasteiger partial charge in [-0.2, -0.15) is 0 Å². The summed E-state index contributed by atoms with van der Waals surface area (Å²) in [6, 6.07) is 0. The molecule has 2 aromatic heterocycles. The molecular weight excluding hydrogens is 282 g/mol. The van der Waals surface area contributed by atoms with E-state index in [2.05, 4.69) is 36.2 Å². The molecule has 2 heterocycles. The van der Waals surface area contributed by atoms with E-state index in [-0.39, 0.29) is 0 Å². The molecular formula is C11H14BrN5. The van der Waals surface area contributed by atoms with Crippen LogP contribution < -0.4 is 11.1 Å². The van der Waals surface area contributed by atoms with Crippen molar-refractivity contribution < 1.29 is 0 Å². The molecule has 6 heteroatoms. The van der Waals surface area contributed by atoms with Gasteiger partial charge in [0, 0.05) is 31.6 Å². The first-order valence-corrected chi connectivity index (χ1v) is 6.18. The summed E-state index contributed by atoms with van der Waals surface area (Å²) in [4.78, 5) is 11.2. The fourth-order valence-electron chi connectivity index (χ4n) is 1.54. The Labute approximate surface area is 108 Å². The Balaban J connectivity index is 1.82. The molecule has 17 heavy (non-hydrogen) atoms. The summed E-state index contributed by atoms with van der Waals surface area (Å²) in [5.41, 5.74) is 7.38. The summed E-state index contributed by atoms with van der Waals surface area (Å²) in [7, 11) is 0. The zero-order valence-corrected chi connectivity index (χ0v) is 10.9. The van der Waals surface area contributed by atoms with Crippen molar-refractivity contribution in [3.8, 4) is 0 Å². The lowest BCUT2D eigenvalue weighted by molar-refractivity contribution is 0.816. The van der Waals surface area contributed by atoms with Crippen LogP contribution in [0.25, 0.3) is 0 Å². The number of nitrogens with one attached hydrogen (secondary N) is 2. The molecule has 0 aromatic carbocycles. The monoisotopic (exact) mass is 295 g/mol. The number of nitrogen functional groups attached to an aromatic ring is 1. The second kappa shape index (κ2) is 5.67. The van der Waals surface area contributed by atoms with Gasteiger partial charge in [0.25, 0.3) is 0 Å². The first-order valence-electron chi connectivity index (χ1n) is 5.38. The van der Waals surface area contributed by atoms with Crippen molar-refractivity contribution in [3.63, 3.8) is 0 Å². The Bertz CT molecular complexity index is 448. The number of anilines is 2. The van der Waals surface area contributed by atoms with Crippen LogP contribution in [0.5, 0.6) is 0 Å². The van der Waals surface area contributed by atoms with Crippen LogP contribution in [-0.4, -0.2) is 21.5 Å². The molecule has 0 unspecified atom stereocenters. The Morgan fingerprint density at radius 1 is 1.41 bits per heavy atom. The Morgan fingerprint density at radius 3 is 3.00 bits per heavy atom. The van der Waals surface area contributed by atoms with Gasteiger partial charge in [-0.05, 0) is 22.4 Å². The van der Waals surface area contributed by atoms with Gasteiger partial charge >= 0.3 is 0 Å². The maximum atomic E-state index is 5.82. The molecule has 0 spiro atoms. The highest BCUT2D eigenvalue weighted by Gasteiger charge is 2.03. The van der Waals surface area contributed by atoms with E-state index < -0.39 is 0 Å². The Hall–Kier alpha value is -1.56.